The molecule has 4 nitrogen and oxygen atoms in total. The van der Waals surface area contributed by atoms with E-state index in [4.69, 9.17) is 0 Å². The normalized spacial score (nSPS) is 12.8. The van der Waals surface area contributed by atoms with E-state index in [0.29, 0.717) is 12.8 Å². The number of aryl methyl sites for hydroxylation is 1. The Morgan fingerprint density at radius 1 is 1.00 bits per heavy atom. The molecule has 0 aromatic heterocycles. The summed E-state index contributed by atoms with van der Waals surface area (Å²) in [6.07, 6.45) is 0.814. The van der Waals surface area contributed by atoms with Crippen LogP contribution in [0.4, 0.5) is 17.6 Å². The van der Waals surface area contributed by atoms with Crippen LogP contribution in [0.25, 0.3) is 0 Å². The van der Waals surface area contributed by atoms with Crippen molar-refractivity contribution in [3.8, 4) is 5.75 Å². The zero-order valence-electron chi connectivity index (χ0n) is 14.0. The van der Waals surface area contributed by atoms with Gasteiger partial charge >= 0.3 is 0 Å². The molecule has 0 radical (unpaired) electrons. The van der Waals surface area contributed by atoms with Gasteiger partial charge in [-0.2, -0.15) is 8.78 Å². The number of rotatable bonds is 7. The Bertz CT molecular complexity index is 860. The van der Waals surface area contributed by atoms with Gasteiger partial charge in [0.25, 0.3) is 0 Å². The third kappa shape index (κ3) is 4.16. The minimum atomic E-state index is -4.83. The molecule has 0 aliphatic heterocycles. The van der Waals surface area contributed by atoms with Gasteiger partial charge in [0.05, 0.1) is 7.11 Å². The third-order valence-corrected chi connectivity index (χ3v) is 5.33. The Labute approximate surface area is 148 Å². The van der Waals surface area contributed by atoms with Crippen molar-refractivity contribution in [3.63, 3.8) is 0 Å². The third-order valence-electron chi connectivity index (χ3n) is 3.72. The molecule has 0 saturated carbocycles. The average Bonchev–Trinajstić information content (AvgIpc) is 2.59. The number of hydrogen-bond acceptors (Lipinski definition) is 3. The summed E-state index contributed by atoms with van der Waals surface area (Å²) in [6, 6.07) is 8.42. The number of halogens is 4. The molecule has 0 bridgehead atoms. The van der Waals surface area contributed by atoms with Crippen molar-refractivity contribution in [1.82, 2.24) is 4.72 Å². The van der Waals surface area contributed by atoms with Crippen molar-refractivity contribution in [2.45, 2.75) is 30.7 Å². The Kier molecular flexibility index (Phi) is 6.25. The Balaban J connectivity index is 2.25. The highest BCUT2D eigenvalue weighted by Crippen LogP contribution is 2.32. The molecule has 2 aromatic rings. The predicted octanol–water partition coefficient (Wildman–Crippen LogP) is 3.55. The van der Waals surface area contributed by atoms with E-state index >= 15 is 0 Å². The van der Waals surface area contributed by atoms with Crippen molar-refractivity contribution in [3.05, 3.63) is 59.2 Å². The van der Waals surface area contributed by atoms with Crippen LogP contribution < -0.4 is 9.46 Å². The maximum atomic E-state index is 14.0. The van der Waals surface area contributed by atoms with Gasteiger partial charge in [-0.3, -0.25) is 0 Å². The number of ether oxygens (including phenoxy) is 1. The van der Waals surface area contributed by atoms with Crippen molar-refractivity contribution < 1.29 is 30.7 Å². The molecular formula is C17H17F4NO3S. The molecule has 0 heterocycles. The van der Waals surface area contributed by atoms with E-state index in [1.54, 1.807) is 0 Å². The van der Waals surface area contributed by atoms with E-state index in [1.807, 2.05) is 35.1 Å². The van der Waals surface area contributed by atoms with Crippen LogP contribution in [0, 0.1) is 23.3 Å². The van der Waals surface area contributed by atoms with Crippen LogP contribution >= 0.6 is 0 Å². The molecule has 142 valence electrons. The molecular weight excluding hydrogens is 374 g/mol. The first-order chi connectivity index (χ1) is 12.2. The summed E-state index contributed by atoms with van der Waals surface area (Å²) >= 11 is 0. The Hall–Kier alpha value is -2.13. The largest absolute Gasteiger partial charge is 0.491 e. The van der Waals surface area contributed by atoms with Crippen molar-refractivity contribution >= 4 is 10.0 Å². The number of benzene rings is 2. The first-order valence-corrected chi connectivity index (χ1v) is 9.13. The van der Waals surface area contributed by atoms with Gasteiger partial charge in [-0.15, -0.1) is 0 Å². The molecule has 0 aliphatic carbocycles. The van der Waals surface area contributed by atoms with E-state index < -0.39 is 50.0 Å². The second-order valence-corrected chi connectivity index (χ2v) is 7.32. The van der Waals surface area contributed by atoms with Gasteiger partial charge in [0, 0.05) is 6.04 Å². The maximum absolute atomic E-state index is 14.0. The van der Waals surface area contributed by atoms with Gasteiger partial charge in [-0.1, -0.05) is 30.3 Å². The fourth-order valence-corrected chi connectivity index (χ4v) is 3.83. The highest BCUT2D eigenvalue weighted by Gasteiger charge is 2.34. The molecule has 0 fully saturated rings. The SMILES string of the molecule is COc1c(F)c(F)c(S(=O)(=O)NC(C)CCc2ccccc2)c(F)c1F. The van der Waals surface area contributed by atoms with E-state index in [2.05, 4.69) is 4.74 Å². The van der Waals surface area contributed by atoms with Gasteiger partial charge in [0.2, 0.25) is 21.7 Å². The maximum Gasteiger partial charge on any atom is 0.246 e. The Morgan fingerprint density at radius 2 is 1.54 bits per heavy atom. The molecule has 1 unspecified atom stereocenters. The highest BCUT2D eigenvalue weighted by molar-refractivity contribution is 7.89. The number of hydrogen-bond donors (Lipinski definition) is 1. The van der Waals surface area contributed by atoms with Crippen LogP contribution in [0.2, 0.25) is 0 Å². The minimum absolute atomic E-state index is 0.313. The second-order valence-electron chi connectivity index (χ2n) is 5.66. The van der Waals surface area contributed by atoms with Crippen molar-refractivity contribution in [2.75, 3.05) is 7.11 Å². The lowest BCUT2D eigenvalue weighted by Gasteiger charge is -2.16. The minimum Gasteiger partial charge on any atom is -0.491 e. The number of methoxy groups -OCH3 is 1. The molecule has 26 heavy (non-hydrogen) atoms. The quantitative estimate of drug-likeness (QED) is 0.580. The molecule has 2 rings (SSSR count). The van der Waals surface area contributed by atoms with E-state index in [0.717, 1.165) is 12.7 Å². The van der Waals surface area contributed by atoms with Gasteiger partial charge in [-0.25, -0.2) is 21.9 Å². The molecule has 1 atom stereocenters. The Morgan fingerprint density at radius 3 is 2.04 bits per heavy atom. The summed E-state index contributed by atoms with van der Waals surface area (Å²) in [7, 11) is -4.03. The topological polar surface area (TPSA) is 55.4 Å². The lowest BCUT2D eigenvalue weighted by Crippen LogP contribution is -2.34. The summed E-state index contributed by atoms with van der Waals surface area (Å²) in [4.78, 5) is -1.71. The van der Waals surface area contributed by atoms with Gasteiger partial charge in [-0.05, 0) is 25.3 Å². The van der Waals surface area contributed by atoms with E-state index in [9.17, 15) is 26.0 Å². The van der Waals surface area contributed by atoms with E-state index in [-0.39, 0.29) is 0 Å². The summed E-state index contributed by atoms with van der Waals surface area (Å²) in [5.41, 5.74) is 0.942. The van der Waals surface area contributed by atoms with Crippen molar-refractivity contribution in [2.24, 2.45) is 0 Å². The van der Waals surface area contributed by atoms with Crippen LogP contribution in [-0.2, 0) is 16.4 Å². The molecule has 0 amide bonds. The van der Waals surface area contributed by atoms with Crippen LogP contribution in [0.5, 0.6) is 5.75 Å². The second kappa shape index (κ2) is 8.05. The van der Waals surface area contributed by atoms with Crippen LogP contribution in [0.1, 0.15) is 18.9 Å². The summed E-state index contributed by atoms with van der Waals surface area (Å²) < 4.78 is 86.2. The van der Waals surface area contributed by atoms with Crippen molar-refractivity contribution in [1.29, 1.82) is 0 Å². The first-order valence-electron chi connectivity index (χ1n) is 7.65. The zero-order chi connectivity index (χ0) is 19.5. The molecule has 1 N–H and O–H groups in total. The lowest BCUT2D eigenvalue weighted by atomic mass is 10.1. The number of nitrogens with one attached hydrogen (secondary N) is 1. The van der Waals surface area contributed by atoms with Gasteiger partial charge in [0.1, 0.15) is 0 Å². The smallest absolute Gasteiger partial charge is 0.246 e. The molecule has 0 aliphatic rings. The fraction of sp³-hybridized carbons (Fsp3) is 0.294. The van der Waals surface area contributed by atoms with Gasteiger partial charge < -0.3 is 4.74 Å². The van der Waals surface area contributed by atoms with E-state index in [1.165, 1.54) is 6.92 Å². The fourth-order valence-electron chi connectivity index (χ4n) is 2.42. The molecule has 0 saturated heterocycles. The van der Waals surface area contributed by atoms with Gasteiger partial charge in [0.15, 0.2) is 22.3 Å². The predicted molar refractivity (Wildman–Crippen MR) is 87.4 cm³/mol. The molecule has 0 spiro atoms. The standard InChI is InChI=1S/C17H17F4NO3S/c1-10(8-9-11-6-4-3-5-7-11)22-26(23,24)17-14(20)12(18)16(25-2)13(19)15(17)21/h3-7,10,22H,8-9H2,1-2H3. The highest BCUT2D eigenvalue weighted by atomic mass is 32.2. The molecule has 9 heteroatoms. The van der Waals surface area contributed by atoms with Crippen LogP contribution in [0.3, 0.4) is 0 Å². The summed E-state index contributed by atoms with van der Waals surface area (Å²) in [6.45, 7) is 1.48. The van der Waals surface area contributed by atoms with Crippen LogP contribution in [0.15, 0.2) is 35.2 Å². The lowest BCUT2D eigenvalue weighted by molar-refractivity contribution is 0.322. The summed E-state index contributed by atoms with van der Waals surface area (Å²) in [5, 5.41) is 0. The number of sulfonamides is 1. The monoisotopic (exact) mass is 391 g/mol. The molecule has 2 aromatic carbocycles. The average molecular weight is 391 g/mol. The summed E-state index contributed by atoms with van der Waals surface area (Å²) in [5.74, 6) is -9.23. The first kappa shape index (κ1) is 20.2. The zero-order valence-corrected chi connectivity index (χ0v) is 14.8. The van der Waals surface area contributed by atoms with Crippen LogP contribution in [-0.4, -0.2) is 21.6 Å².